The highest BCUT2D eigenvalue weighted by atomic mass is 35.5. The predicted octanol–water partition coefficient (Wildman–Crippen LogP) is 4.15. The van der Waals surface area contributed by atoms with Gasteiger partial charge >= 0.3 is 0 Å². The summed E-state index contributed by atoms with van der Waals surface area (Å²) < 4.78 is 0. The van der Waals surface area contributed by atoms with Crippen LogP contribution in [-0.4, -0.2) is 5.88 Å². The van der Waals surface area contributed by atoms with Gasteiger partial charge in [-0.15, -0.1) is 11.6 Å². The van der Waals surface area contributed by atoms with E-state index in [0.717, 1.165) is 5.88 Å². The summed E-state index contributed by atoms with van der Waals surface area (Å²) in [5.74, 6) is 1.37. The second-order valence-corrected chi connectivity index (χ2v) is 5.81. The van der Waals surface area contributed by atoms with Crippen LogP contribution in [0.25, 0.3) is 0 Å². The minimum Gasteiger partial charge on any atom is -0.126 e. The second kappa shape index (κ2) is 3.25. The van der Waals surface area contributed by atoms with Gasteiger partial charge in [-0.1, -0.05) is 50.6 Å². The fraction of sp³-hybridized carbons (Fsp3) is 0.571. The maximum atomic E-state index is 6.06. The molecule has 1 aromatic rings. The van der Waals surface area contributed by atoms with E-state index in [0.29, 0.717) is 11.3 Å². The molecule has 1 aliphatic rings. The molecule has 0 radical (unpaired) electrons. The smallest absolute Gasteiger partial charge is 0.0265 e. The van der Waals surface area contributed by atoms with Crippen LogP contribution in [-0.2, 0) is 5.41 Å². The molecule has 0 heterocycles. The van der Waals surface area contributed by atoms with E-state index in [-0.39, 0.29) is 5.41 Å². The van der Waals surface area contributed by atoms with Crippen molar-refractivity contribution < 1.29 is 0 Å². The summed E-state index contributed by atoms with van der Waals surface area (Å²) in [4.78, 5) is 0. The molecule has 0 N–H and O–H groups in total. The van der Waals surface area contributed by atoms with Crippen LogP contribution < -0.4 is 0 Å². The highest BCUT2D eigenvalue weighted by Gasteiger charge is 2.67. The Labute approximate surface area is 97.6 Å². The van der Waals surface area contributed by atoms with E-state index in [1.54, 1.807) is 0 Å². The minimum absolute atomic E-state index is 0.265. The van der Waals surface area contributed by atoms with Crippen LogP contribution >= 0.6 is 11.6 Å². The SMILES string of the molecule is Cc1cccc(C2(C)C(CCl)C2(C)C)c1. The van der Waals surface area contributed by atoms with Crippen molar-refractivity contribution >= 4 is 11.6 Å². The first-order chi connectivity index (χ1) is 6.94. The van der Waals surface area contributed by atoms with E-state index in [1.807, 2.05) is 0 Å². The average molecular weight is 223 g/mol. The van der Waals surface area contributed by atoms with Crippen molar-refractivity contribution in [3.05, 3.63) is 35.4 Å². The number of benzene rings is 1. The molecule has 0 spiro atoms. The maximum absolute atomic E-state index is 6.06. The first-order valence-electron chi connectivity index (χ1n) is 5.57. The van der Waals surface area contributed by atoms with Crippen LogP contribution in [0.3, 0.4) is 0 Å². The second-order valence-electron chi connectivity index (χ2n) is 5.50. The molecule has 0 amide bonds. The van der Waals surface area contributed by atoms with Crippen LogP contribution in [0.1, 0.15) is 31.9 Å². The van der Waals surface area contributed by atoms with Crippen molar-refractivity contribution in [1.82, 2.24) is 0 Å². The number of aryl methyl sites for hydroxylation is 1. The van der Waals surface area contributed by atoms with E-state index in [2.05, 4.69) is 52.0 Å². The van der Waals surface area contributed by atoms with Gasteiger partial charge in [-0.05, 0) is 23.8 Å². The normalized spacial score (nSPS) is 32.7. The summed E-state index contributed by atoms with van der Waals surface area (Å²) in [5, 5.41) is 0. The zero-order chi connectivity index (χ0) is 11.3. The molecule has 1 heteroatoms. The van der Waals surface area contributed by atoms with E-state index in [4.69, 9.17) is 11.6 Å². The third-order valence-electron chi connectivity index (χ3n) is 4.60. The lowest BCUT2D eigenvalue weighted by molar-refractivity contribution is 0.522. The Bertz CT molecular complexity index is 381. The number of rotatable bonds is 2. The van der Waals surface area contributed by atoms with Crippen LogP contribution in [0.5, 0.6) is 0 Å². The lowest BCUT2D eigenvalue weighted by atomic mass is 9.89. The van der Waals surface area contributed by atoms with Gasteiger partial charge in [0.2, 0.25) is 0 Å². The summed E-state index contributed by atoms with van der Waals surface area (Å²) in [6.07, 6.45) is 0. The first kappa shape index (κ1) is 11.0. The van der Waals surface area contributed by atoms with E-state index in [9.17, 15) is 0 Å². The van der Waals surface area contributed by atoms with Crippen LogP contribution in [0.15, 0.2) is 24.3 Å². The van der Waals surface area contributed by atoms with Gasteiger partial charge in [0.15, 0.2) is 0 Å². The molecule has 0 nitrogen and oxygen atoms in total. The molecule has 1 aromatic carbocycles. The molecule has 1 aliphatic carbocycles. The van der Waals surface area contributed by atoms with Gasteiger partial charge < -0.3 is 0 Å². The summed E-state index contributed by atoms with van der Waals surface area (Å²) in [6.45, 7) is 9.14. The molecule has 0 aliphatic heterocycles. The molecular formula is C14H19Cl. The van der Waals surface area contributed by atoms with E-state index >= 15 is 0 Å². The predicted molar refractivity (Wildman–Crippen MR) is 66.5 cm³/mol. The van der Waals surface area contributed by atoms with Crippen LogP contribution in [0.2, 0.25) is 0 Å². The minimum atomic E-state index is 0.265. The molecule has 2 rings (SSSR count). The van der Waals surface area contributed by atoms with Crippen molar-refractivity contribution in [1.29, 1.82) is 0 Å². The zero-order valence-electron chi connectivity index (χ0n) is 9.97. The van der Waals surface area contributed by atoms with Gasteiger partial charge in [0, 0.05) is 11.3 Å². The van der Waals surface area contributed by atoms with Gasteiger partial charge in [-0.25, -0.2) is 0 Å². The monoisotopic (exact) mass is 222 g/mol. The zero-order valence-corrected chi connectivity index (χ0v) is 10.7. The fourth-order valence-corrected chi connectivity index (χ4v) is 3.68. The van der Waals surface area contributed by atoms with Gasteiger partial charge in [-0.2, -0.15) is 0 Å². The summed E-state index contributed by atoms with van der Waals surface area (Å²) in [7, 11) is 0. The van der Waals surface area contributed by atoms with Crippen LogP contribution in [0.4, 0.5) is 0 Å². The number of hydrogen-bond acceptors (Lipinski definition) is 0. The average Bonchev–Trinajstić information content (AvgIpc) is 2.61. The van der Waals surface area contributed by atoms with E-state index < -0.39 is 0 Å². The van der Waals surface area contributed by atoms with Crippen molar-refractivity contribution in [2.75, 3.05) is 5.88 Å². The van der Waals surface area contributed by atoms with Gasteiger partial charge in [0.1, 0.15) is 0 Å². The highest BCUT2D eigenvalue weighted by molar-refractivity contribution is 6.18. The Kier molecular flexibility index (Phi) is 2.38. The lowest BCUT2D eigenvalue weighted by Crippen LogP contribution is -2.09. The van der Waals surface area contributed by atoms with Gasteiger partial charge in [0.05, 0.1) is 0 Å². The van der Waals surface area contributed by atoms with Gasteiger partial charge in [0.25, 0.3) is 0 Å². The molecule has 82 valence electrons. The van der Waals surface area contributed by atoms with Crippen molar-refractivity contribution in [2.45, 2.75) is 33.1 Å². The molecule has 0 bridgehead atoms. The Morgan fingerprint density at radius 3 is 2.40 bits per heavy atom. The molecule has 15 heavy (non-hydrogen) atoms. The topological polar surface area (TPSA) is 0 Å². The molecule has 0 aromatic heterocycles. The molecule has 1 fully saturated rings. The largest absolute Gasteiger partial charge is 0.126 e. The number of alkyl halides is 1. The quantitative estimate of drug-likeness (QED) is 0.660. The fourth-order valence-electron chi connectivity index (χ4n) is 2.99. The molecule has 2 unspecified atom stereocenters. The third-order valence-corrected chi connectivity index (χ3v) is 4.90. The molecule has 0 saturated heterocycles. The molecule has 2 atom stereocenters. The number of halogens is 1. The maximum Gasteiger partial charge on any atom is 0.0265 e. The van der Waals surface area contributed by atoms with Crippen molar-refractivity contribution in [3.8, 4) is 0 Å². The Morgan fingerprint density at radius 1 is 1.27 bits per heavy atom. The Balaban J connectivity index is 2.41. The first-order valence-corrected chi connectivity index (χ1v) is 6.11. The van der Waals surface area contributed by atoms with Crippen molar-refractivity contribution in [3.63, 3.8) is 0 Å². The Hall–Kier alpha value is -0.490. The number of hydrogen-bond donors (Lipinski definition) is 0. The standard InChI is InChI=1S/C14H19Cl/c1-10-6-5-7-11(8-10)14(4)12(9-15)13(14,2)3/h5-8,12H,9H2,1-4H3. The summed E-state index contributed by atoms with van der Waals surface area (Å²) in [5.41, 5.74) is 3.38. The summed E-state index contributed by atoms with van der Waals surface area (Å²) in [6, 6.07) is 8.84. The highest BCUT2D eigenvalue weighted by Crippen LogP contribution is 2.69. The van der Waals surface area contributed by atoms with Crippen molar-refractivity contribution in [2.24, 2.45) is 11.3 Å². The Morgan fingerprint density at radius 2 is 1.93 bits per heavy atom. The third kappa shape index (κ3) is 1.34. The lowest BCUT2D eigenvalue weighted by Gasteiger charge is -2.15. The van der Waals surface area contributed by atoms with E-state index in [1.165, 1.54) is 11.1 Å². The molecular weight excluding hydrogens is 204 g/mol. The summed E-state index contributed by atoms with van der Waals surface area (Å²) >= 11 is 6.06. The van der Waals surface area contributed by atoms with Crippen LogP contribution in [0, 0.1) is 18.3 Å². The molecule has 1 saturated carbocycles. The van der Waals surface area contributed by atoms with Gasteiger partial charge in [-0.3, -0.25) is 0 Å².